The summed E-state index contributed by atoms with van der Waals surface area (Å²) in [5, 5.41) is 0.283. The molecular weight excluding hydrogens is 248 g/mol. The Morgan fingerprint density at radius 1 is 1.44 bits per heavy atom. The standard InChI is InChI=1S/C13H15ClN4/c1-8-3-4-11-16-10(7-18(11)6-8)12-9(2)5-15-13(14)17-12/h4-5,8H,3,6-7H2,1-2H3/t8-/m0/s1. The average Bonchev–Trinajstić information content (AvgIpc) is 2.74. The number of aryl methyl sites for hydroxylation is 1. The van der Waals surface area contributed by atoms with Gasteiger partial charge in [0.2, 0.25) is 5.28 Å². The highest BCUT2D eigenvalue weighted by atomic mass is 35.5. The zero-order valence-corrected chi connectivity index (χ0v) is 11.3. The van der Waals surface area contributed by atoms with Gasteiger partial charge in [-0.05, 0) is 42.5 Å². The molecule has 0 amide bonds. The van der Waals surface area contributed by atoms with E-state index in [0.29, 0.717) is 5.92 Å². The number of hydrogen-bond donors (Lipinski definition) is 0. The fourth-order valence-corrected chi connectivity index (χ4v) is 2.57. The third-order valence-corrected chi connectivity index (χ3v) is 3.55. The van der Waals surface area contributed by atoms with Gasteiger partial charge in [-0.2, -0.15) is 0 Å². The van der Waals surface area contributed by atoms with Crippen molar-refractivity contribution in [2.45, 2.75) is 20.3 Å². The van der Waals surface area contributed by atoms with E-state index < -0.39 is 0 Å². The Morgan fingerprint density at radius 2 is 2.28 bits per heavy atom. The number of aromatic nitrogens is 2. The molecule has 0 spiro atoms. The number of hydrogen-bond acceptors (Lipinski definition) is 4. The van der Waals surface area contributed by atoms with Crippen molar-refractivity contribution in [2.75, 3.05) is 13.1 Å². The summed E-state index contributed by atoms with van der Waals surface area (Å²) in [6.07, 6.45) is 5.06. The zero-order chi connectivity index (χ0) is 12.7. The van der Waals surface area contributed by atoms with Gasteiger partial charge in [0.25, 0.3) is 0 Å². The topological polar surface area (TPSA) is 41.4 Å². The van der Waals surface area contributed by atoms with E-state index in [1.807, 2.05) is 6.92 Å². The zero-order valence-electron chi connectivity index (χ0n) is 10.5. The van der Waals surface area contributed by atoms with Gasteiger partial charge in [-0.15, -0.1) is 0 Å². The lowest BCUT2D eigenvalue weighted by molar-refractivity contribution is 0.315. The van der Waals surface area contributed by atoms with E-state index >= 15 is 0 Å². The molecule has 0 radical (unpaired) electrons. The van der Waals surface area contributed by atoms with Crippen molar-refractivity contribution in [3.8, 4) is 0 Å². The maximum atomic E-state index is 5.87. The van der Waals surface area contributed by atoms with Crippen LogP contribution in [0, 0.1) is 12.8 Å². The van der Waals surface area contributed by atoms with Crippen molar-refractivity contribution >= 4 is 17.3 Å². The molecule has 2 aliphatic rings. The number of nitrogens with zero attached hydrogens (tertiary/aromatic N) is 4. The van der Waals surface area contributed by atoms with Crippen molar-refractivity contribution in [1.29, 1.82) is 0 Å². The summed E-state index contributed by atoms with van der Waals surface area (Å²) in [6.45, 7) is 6.14. The highest BCUT2D eigenvalue weighted by Gasteiger charge is 2.27. The number of halogens is 1. The van der Waals surface area contributed by atoms with Gasteiger partial charge in [0, 0.05) is 12.7 Å². The van der Waals surface area contributed by atoms with Gasteiger partial charge in [-0.25, -0.2) is 15.0 Å². The average molecular weight is 263 g/mol. The summed E-state index contributed by atoms with van der Waals surface area (Å²) in [5.41, 5.74) is 2.89. The molecule has 0 saturated heterocycles. The lowest BCUT2D eigenvalue weighted by Crippen LogP contribution is -2.30. The maximum absolute atomic E-state index is 5.87. The van der Waals surface area contributed by atoms with Crippen LogP contribution in [0.5, 0.6) is 0 Å². The van der Waals surface area contributed by atoms with E-state index in [0.717, 1.165) is 42.3 Å². The molecule has 1 aromatic heterocycles. The van der Waals surface area contributed by atoms with Crippen molar-refractivity contribution in [2.24, 2.45) is 10.9 Å². The second kappa shape index (κ2) is 4.35. The van der Waals surface area contributed by atoms with Crippen LogP contribution in [0.2, 0.25) is 5.28 Å². The molecule has 5 heteroatoms. The van der Waals surface area contributed by atoms with Gasteiger partial charge in [-0.3, -0.25) is 0 Å². The normalized spacial score (nSPS) is 22.6. The van der Waals surface area contributed by atoms with Crippen LogP contribution in [0.25, 0.3) is 0 Å². The quantitative estimate of drug-likeness (QED) is 0.730. The third kappa shape index (κ3) is 2.01. The summed E-state index contributed by atoms with van der Waals surface area (Å²) in [6, 6.07) is 0. The number of allylic oxidation sites excluding steroid dienone is 1. The molecule has 0 aliphatic carbocycles. The van der Waals surface area contributed by atoms with Gasteiger partial charge in [0.15, 0.2) is 0 Å². The van der Waals surface area contributed by atoms with Crippen molar-refractivity contribution in [3.63, 3.8) is 0 Å². The molecule has 0 unspecified atom stereocenters. The molecule has 0 aromatic carbocycles. The minimum Gasteiger partial charge on any atom is -0.351 e. The van der Waals surface area contributed by atoms with Gasteiger partial charge in [0.1, 0.15) is 5.82 Å². The Bertz CT molecular complexity index is 550. The number of aliphatic imine (C=N–C) groups is 1. The molecular formula is C13H15ClN4. The molecule has 0 saturated carbocycles. The van der Waals surface area contributed by atoms with E-state index in [9.17, 15) is 0 Å². The summed E-state index contributed by atoms with van der Waals surface area (Å²) >= 11 is 5.87. The first-order chi connectivity index (χ1) is 8.63. The summed E-state index contributed by atoms with van der Waals surface area (Å²) < 4.78 is 0. The summed E-state index contributed by atoms with van der Waals surface area (Å²) in [5.74, 6) is 1.77. The van der Waals surface area contributed by atoms with Crippen LogP contribution < -0.4 is 0 Å². The van der Waals surface area contributed by atoms with E-state index in [1.165, 1.54) is 0 Å². The largest absolute Gasteiger partial charge is 0.351 e. The monoisotopic (exact) mass is 262 g/mol. The van der Waals surface area contributed by atoms with Crippen molar-refractivity contribution in [3.05, 3.63) is 34.6 Å². The lowest BCUT2D eigenvalue weighted by Gasteiger charge is -2.26. The second-order valence-corrected chi connectivity index (χ2v) is 5.35. The first-order valence-corrected chi connectivity index (χ1v) is 6.53. The highest BCUT2D eigenvalue weighted by molar-refractivity contribution is 6.28. The predicted molar refractivity (Wildman–Crippen MR) is 71.8 cm³/mol. The fraction of sp³-hybridized carbons (Fsp3) is 0.462. The molecule has 94 valence electrons. The van der Waals surface area contributed by atoms with Crippen LogP contribution in [0.1, 0.15) is 24.6 Å². The van der Waals surface area contributed by atoms with Gasteiger partial charge < -0.3 is 4.90 Å². The molecule has 4 nitrogen and oxygen atoms in total. The molecule has 1 aromatic rings. The lowest BCUT2D eigenvalue weighted by atomic mass is 10.0. The van der Waals surface area contributed by atoms with E-state index in [2.05, 4.69) is 32.9 Å². The highest BCUT2D eigenvalue weighted by Crippen LogP contribution is 2.26. The summed E-state index contributed by atoms with van der Waals surface area (Å²) in [7, 11) is 0. The van der Waals surface area contributed by atoms with Crippen LogP contribution in [0.15, 0.2) is 23.1 Å². The molecule has 3 rings (SSSR count). The molecule has 0 fully saturated rings. The Hall–Kier alpha value is -1.42. The summed E-state index contributed by atoms with van der Waals surface area (Å²) in [4.78, 5) is 15.3. The molecule has 1 atom stereocenters. The van der Waals surface area contributed by atoms with Crippen LogP contribution in [-0.2, 0) is 0 Å². The number of rotatable bonds is 1. The fourth-order valence-electron chi connectivity index (χ4n) is 2.44. The third-order valence-electron chi connectivity index (χ3n) is 3.36. The SMILES string of the molecule is Cc1cnc(Cl)nc1C1=NC2=CC[C@H](C)CN2C1. The molecule has 18 heavy (non-hydrogen) atoms. The molecule has 3 heterocycles. The van der Waals surface area contributed by atoms with Crippen LogP contribution in [0.4, 0.5) is 0 Å². The smallest absolute Gasteiger partial charge is 0.222 e. The van der Waals surface area contributed by atoms with Gasteiger partial charge in [0.05, 0.1) is 18.0 Å². The first-order valence-electron chi connectivity index (χ1n) is 6.15. The van der Waals surface area contributed by atoms with Crippen molar-refractivity contribution < 1.29 is 0 Å². The predicted octanol–water partition coefficient (Wildman–Crippen LogP) is 2.42. The Balaban J connectivity index is 1.94. The second-order valence-electron chi connectivity index (χ2n) is 5.01. The maximum Gasteiger partial charge on any atom is 0.222 e. The van der Waals surface area contributed by atoms with Crippen LogP contribution in [-0.4, -0.2) is 33.7 Å². The Kier molecular flexibility index (Phi) is 2.82. The molecule has 2 aliphatic heterocycles. The van der Waals surface area contributed by atoms with Crippen molar-refractivity contribution in [1.82, 2.24) is 14.9 Å². The van der Waals surface area contributed by atoms with E-state index in [1.54, 1.807) is 6.20 Å². The van der Waals surface area contributed by atoms with Gasteiger partial charge in [-0.1, -0.05) is 6.92 Å². The van der Waals surface area contributed by atoms with E-state index in [4.69, 9.17) is 11.6 Å². The molecule has 0 N–H and O–H groups in total. The molecule has 0 bridgehead atoms. The minimum atomic E-state index is 0.283. The first kappa shape index (κ1) is 11.7. The van der Waals surface area contributed by atoms with Gasteiger partial charge >= 0.3 is 0 Å². The Labute approximate surface area is 111 Å². The van der Waals surface area contributed by atoms with Crippen LogP contribution in [0.3, 0.4) is 0 Å². The minimum absolute atomic E-state index is 0.283. The Morgan fingerprint density at radius 3 is 3.11 bits per heavy atom. The number of fused-ring (bicyclic) bond motifs is 1. The van der Waals surface area contributed by atoms with E-state index in [-0.39, 0.29) is 5.28 Å². The van der Waals surface area contributed by atoms with Crippen LogP contribution >= 0.6 is 11.6 Å².